The van der Waals surface area contributed by atoms with Gasteiger partial charge in [-0.25, -0.2) is 9.37 Å². The van der Waals surface area contributed by atoms with E-state index in [9.17, 15) is 14.0 Å². The molecule has 0 unspecified atom stereocenters. The van der Waals surface area contributed by atoms with E-state index in [0.29, 0.717) is 41.1 Å². The van der Waals surface area contributed by atoms with Crippen LogP contribution in [-0.2, 0) is 17.8 Å². The van der Waals surface area contributed by atoms with Crippen molar-refractivity contribution in [2.45, 2.75) is 37.9 Å². The first-order valence-corrected chi connectivity index (χ1v) is 10.7. The summed E-state index contributed by atoms with van der Waals surface area (Å²) in [5.41, 5.74) is 1.13. The molecular formula is C22H24FN3O2S. The number of nitrogens with zero attached hydrogens (tertiary/aromatic N) is 2. The van der Waals surface area contributed by atoms with E-state index in [0.717, 1.165) is 12.8 Å². The average Bonchev–Trinajstić information content (AvgIpc) is 2.73. The summed E-state index contributed by atoms with van der Waals surface area (Å²) in [6.45, 7) is 2.99. The van der Waals surface area contributed by atoms with Gasteiger partial charge in [-0.3, -0.25) is 14.2 Å². The van der Waals surface area contributed by atoms with E-state index in [4.69, 9.17) is 0 Å². The van der Waals surface area contributed by atoms with Crippen LogP contribution >= 0.6 is 11.8 Å². The van der Waals surface area contributed by atoms with Crippen LogP contribution in [0.25, 0.3) is 10.9 Å². The maximum atomic E-state index is 13.6. The second-order valence-corrected chi connectivity index (χ2v) is 7.64. The van der Waals surface area contributed by atoms with E-state index in [1.807, 2.05) is 12.1 Å². The van der Waals surface area contributed by atoms with Crippen molar-refractivity contribution in [1.29, 1.82) is 0 Å². The minimum absolute atomic E-state index is 0.0773. The predicted octanol–water partition coefficient (Wildman–Crippen LogP) is 3.79. The maximum Gasteiger partial charge on any atom is 0.262 e. The smallest absolute Gasteiger partial charge is 0.262 e. The molecule has 1 amide bonds. The number of rotatable bonds is 9. The number of halogens is 1. The summed E-state index contributed by atoms with van der Waals surface area (Å²) in [5.74, 6) is -0.291. The van der Waals surface area contributed by atoms with Crippen molar-refractivity contribution in [2.75, 3.05) is 12.3 Å². The molecule has 0 saturated heterocycles. The Morgan fingerprint density at radius 2 is 1.93 bits per heavy atom. The molecule has 0 radical (unpaired) electrons. The lowest BCUT2D eigenvalue weighted by molar-refractivity contribution is -0.118. The van der Waals surface area contributed by atoms with E-state index in [-0.39, 0.29) is 23.0 Å². The number of hydrogen-bond acceptors (Lipinski definition) is 4. The van der Waals surface area contributed by atoms with Crippen molar-refractivity contribution in [3.8, 4) is 0 Å². The zero-order valence-electron chi connectivity index (χ0n) is 16.4. The fraction of sp³-hybridized carbons (Fsp3) is 0.318. The van der Waals surface area contributed by atoms with Gasteiger partial charge in [0.2, 0.25) is 5.91 Å². The van der Waals surface area contributed by atoms with E-state index in [1.165, 1.54) is 17.8 Å². The summed E-state index contributed by atoms with van der Waals surface area (Å²) in [6, 6.07) is 13.8. The summed E-state index contributed by atoms with van der Waals surface area (Å²) in [4.78, 5) is 29.7. The van der Waals surface area contributed by atoms with Crippen molar-refractivity contribution < 1.29 is 9.18 Å². The molecule has 0 aliphatic rings. The lowest BCUT2D eigenvalue weighted by Crippen LogP contribution is -2.28. The Kier molecular flexibility index (Phi) is 7.41. The van der Waals surface area contributed by atoms with Crippen LogP contribution in [-0.4, -0.2) is 27.8 Å². The van der Waals surface area contributed by atoms with Gasteiger partial charge in [-0.15, -0.1) is 0 Å². The van der Waals surface area contributed by atoms with Gasteiger partial charge in [0.05, 0.1) is 16.7 Å². The second kappa shape index (κ2) is 10.2. The van der Waals surface area contributed by atoms with E-state index < -0.39 is 0 Å². The predicted molar refractivity (Wildman–Crippen MR) is 115 cm³/mol. The van der Waals surface area contributed by atoms with E-state index >= 15 is 0 Å². The third-order valence-corrected chi connectivity index (χ3v) is 5.54. The normalized spacial score (nSPS) is 11.0. The van der Waals surface area contributed by atoms with Crippen LogP contribution in [0, 0.1) is 5.82 Å². The van der Waals surface area contributed by atoms with Crippen LogP contribution in [0.4, 0.5) is 4.39 Å². The van der Waals surface area contributed by atoms with Gasteiger partial charge < -0.3 is 5.32 Å². The number of hydrogen-bond donors (Lipinski definition) is 1. The van der Waals surface area contributed by atoms with Crippen LogP contribution in [0.3, 0.4) is 0 Å². The fourth-order valence-corrected chi connectivity index (χ4v) is 3.85. The molecule has 0 saturated carbocycles. The number of fused-ring (bicyclic) bond motifs is 1. The van der Waals surface area contributed by atoms with Crippen molar-refractivity contribution in [3.63, 3.8) is 0 Å². The summed E-state index contributed by atoms with van der Waals surface area (Å²) in [7, 11) is 0. The minimum atomic E-state index is -0.267. The molecule has 0 aliphatic carbocycles. The number of thioether (sulfide) groups is 1. The molecule has 2 aromatic carbocycles. The zero-order chi connectivity index (χ0) is 20.6. The summed E-state index contributed by atoms with van der Waals surface area (Å²) in [5, 5.41) is 3.93. The lowest BCUT2D eigenvalue weighted by Gasteiger charge is -2.13. The first-order chi connectivity index (χ1) is 14.1. The fourth-order valence-electron chi connectivity index (χ4n) is 2.99. The molecule has 0 bridgehead atoms. The molecule has 0 fully saturated rings. The molecule has 29 heavy (non-hydrogen) atoms. The Bertz CT molecular complexity index is 1050. The van der Waals surface area contributed by atoms with Gasteiger partial charge in [-0.05, 0) is 36.6 Å². The highest BCUT2D eigenvalue weighted by Gasteiger charge is 2.13. The Morgan fingerprint density at radius 1 is 1.17 bits per heavy atom. The number of para-hydroxylation sites is 1. The number of benzene rings is 2. The first-order valence-electron chi connectivity index (χ1n) is 9.72. The lowest BCUT2D eigenvalue weighted by atomic mass is 10.1. The van der Waals surface area contributed by atoms with Crippen LogP contribution in [0.1, 0.15) is 25.3 Å². The first kappa shape index (κ1) is 21.0. The highest BCUT2D eigenvalue weighted by atomic mass is 32.2. The van der Waals surface area contributed by atoms with Crippen LogP contribution in [0.2, 0.25) is 0 Å². The average molecular weight is 414 g/mol. The van der Waals surface area contributed by atoms with Crippen LogP contribution in [0.5, 0.6) is 0 Å². The molecule has 1 aromatic heterocycles. The molecule has 1 heterocycles. The summed E-state index contributed by atoms with van der Waals surface area (Å²) >= 11 is 1.25. The van der Waals surface area contributed by atoms with Crippen molar-refractivity contribution >= 4 is 28.6 Å². The number of unbranched alkanes of at least 4 members (excludes halogenated alkanes) is 1. The number of nitrogens with one attached hydrogen (secondary N) is 1. The number of aromatic nitrogens is 2. The van der Waals surface area contributed by atoms with Gasteiger partial charge in [0.1, 0.15) is 5.82 Å². The zero-order valence-corrected chi connectivity index (χ0v) is 17.2. The monoisotopic (exact) mass is 413 g/mol. The Labute approximate surface area is 173 Å². The molecule has 7 heteroatoms. The third-order valence-electron chi connectivity index (χ3n) is 4.57. The van der Waals surface area contributed by atoms with Crippen molar-refractivity contribution in [2.24, 2.45) is 0 Å². The Morgan fingerprint density at radius 3 is 2.72 bits per heavy atom. The molecule has 152 valence electrons. The molecule has 3 aromatic rings. The molecule has 0 spiro atoms. The van der Waals surface area contributed by atoms with Gasteiger partial charge in [0.25, 0.3) is 5.56 Å². The number of carbonyl (C=O) groups is 1. The maximum absolute atomic E-state index is 13.6. The van der Waals surface area contributed by atoms with Gasteiger partial charge in [-0.1, -0.05) is 55.4 Å². The molecule has 0 aliphatic heterocycles. The second-order valence-electron chi connectivity index (χ2n) is 6.70. The highest BCUT2D eigenvalue weighted by molar-refractivity contribution is 7.99. The molecular weight excluding hydrogens is 389 g/mol. The Hall–Kier alpha value is -2.67. The molecule has 1 N–H and O–H groups in total. The standard InChI is InChI=1S/C22H24FN3O2S/c1-2-3-14-26-21(28)17-9-5-7-11-19(17)25-22(26)29-15-20(27)24-13-12-16-8-4-6-10-18(16)23/h4-11H,2-3,12-15H2,1H3,(H,24,27). The molecule has 0 atom stereocenters. The van der Waals surface area contributed by atoms with E-state index in [1.54, 1.807) is 34.9 Å². The highest BCUT2D eigenvalue weighted by Crippen LogP contribution is 2.18. The topological polar surface area (TPSA) is 64.0 Å². The molecule has 3 rings (SSSR count). The number of carbonyl (C=O) groups excluding carboxylic acids is 1. The summed E-state index contributed by atoms with van der Waals surface area (Å²) in [6.07, 6.45) is 2.25. The number of amides is 1. The van der Waals surface area contributed by atoms with Crippen LogP contribution < -0.4 is 10.9 Å². The molecule has 5 nitrogen and oxygen atoms in total. The largest absolute Gasteiger partial charge is 0.355 e. The van der Waals surface area contributed by atoms with E-state index in [2.05, 4.69) is 17.2 Å². The summed E-state index contributed by atoms with van der Waals surface area (Å²) < 4.78 is 15.3. The van der Waals surface area contributed by atoms with Gasteiger partial charge in [0, 0.05) is 13.1 Å². The van der Waals surface area contributed by atoms with Crippen molar-refractivity contribution in [3.05, 3.63) is 70.3 Å². The Balaban J connectivity index is 1.65. The quantitative estimate of drug-likeness (QED) is 0.428. The van der Waals surface area contributed by atoms with Gasteiger partial charge in [0.15, 0.2) is 5.16 Å². The van der Waals surface area contributed by atoms with Gasteiger partial charge in [-0.2, -0.15) is 0 Å². The van der Waals surface area contributed by atoms with Crippen molar-refractivity contribution in [1.82, 2.24) is 14.9 Å². The van der Waals surface area contributed by atoms with Crippen LogP contribution in [0.15, 0.2) is 58.5 Å². The van der Waals surface area contributed by atoms with Gasteiger partial charge >= 0.3 is 0 Å². The third kappa shape index (κ3) is 5.44. The SMILES string of the molecule is CCCCn1c(SCC(=O)NCCc2ccccc2F)nc2ccccc2c1=O. The minimum Gasteiger partial charge on any atom is -0.355 e.